The first kappa shape index (κ1) is 18.6. The maximum absolute atomic E-state index is 11.5. The molecule has 3 N–H and O–H groups in total. The van der Waals surface area contributed by atoms with Crippen molar-refractivity contribution in [1.29, 1.82) is 0 Å². The van der Waals surface area contributed by atoms with Gasteiger partial charge < -0.3 is 15.3 Å². The molecule has 0 bridgehead atoms. The first-order valence-electron chi connectivity index (χ1n) is 8.74. The number of para-hydroxylation sites is 2. The van der Waals surface area contributed by atoms with E-state index < -0.39 is 5.97 Å². The SMILES string of the molecule is CCn1c(O)c(C=C2N=c3ccccc3=N2)sc1=Nc1ccc(O)cc1C(=O)O. The van der Waals surface area contributed by atoms with Gasteiger partial charge in [0, 0.05) is 12.6 Å². The van der Waals surface area contributed by atoms with E-state index in [1.54, 1.807) is 10.6 Å². The average Bonchev–Trinajstić information content (AvgIpc) is 3.23. The van der Waals surface area contributed by atoms with Crippen LogP contribution in [0.4, 0.5) is 5.69 Å². The number of carbonyl (C=O) groups is 1. The lowest BCUT2D eigenvalue weighted by atomic mass is 10.2. The highest BCUT2D eigenvalue weighted by atomic mass is 32.1. The minimum Gasteiger partial charge on any atom is -0.508 e. The molecule has 4 rings (SSSR count). The molecule has 9 heteroatoms. The van der Waals surface area contributed by atoms with Crippen LogP contribution < -0.4 is 15.5 Å². The highest BCUT2D eigenvalue weighted by molar-refractivity contribution is 7.10. The van der Waals surface area contributed by atoms with Gasteiger partial charge in [0.1, 0.15) is 5.75 Å². The standard InChI is InChI=1S/C20H16N4O4S/c1-2-24-18(26)16(10-17-21-14-5-3-4-6-15(14)22-17)29-20(24)23-13-8-7-11(25)9-12(13)19(27)28/h3-10,25-26H,2H2,1H3,(H,27,28). The Morgan fingerprint density at radius 2 is 1.86 bits per heavy atom. The molecule has 8 nitrogen and oxygen atoms in total. The highest BCUT2D eigenvalue weighted by Gasteiger charge is 2.15. The summed E-state index contributed by atoms with van der Waals surface area (Å²) in [5, 5.41) is 31.1. The quantitative estimate of drug-likeness (QED) is 0.613. The van der Waals surface area contributed by atoms with Crippen LogP contribution in [0, 0.1) is 0 Å². The molecule has 0 saturated carbocycles. The minimum absolute atomic E-state index is 0.000703. The molecule has 0 atom stereocenters. The summed E-state index contributed by atoms with van der Waals surface area (Å²) < 4.78 is 1.57. The summed E-state index contributed by atoms with van der Waals surface area (Å²) in [4.78, 5) is 25.7. The molecule has 3 aromatic rings. The van der Waals surface area contributed by atoms with Crippen LogP contribution in [0.5, 0.6) is 11.6 Å². The number of carboxylic acid groups (broad SMARTS) is 1. The van der Waals surface area contributed by atoms with Gasteiger partial charge in [-0.15, -0.1) is 0 Å². The van der Waals surface area contributed by atoms with Crippen LogP contribution in [0.15, 0.2) is 63.3 Å². The van der Waals surface area contributed by atoms with Crippen molar-refractivity contribution in [2.75, 3.05) is 0 Å². The lowest BCUT2D eigenvalue weighted by Gasteiger charge is -2.02. The molecule has 0 spiro atoms. The smallest absolute Gasteiger partial charge is 0.338 e. The lowest BCUT2D eigenvalue weighted by molar-refractivity contribution is 0.0697. The first-order valence-corrected chi connectivity index (χ1v) is 9.55. The number of thiazole rings is 1. The number of hydrogen-bond donors (Lipinski definition) is 3. The number of carboxylic acids is 1. The topological polar surface area (TPSA) is 120 Å². The summed E-state index contributed by atoms with van der Waals surface area (Å²) in [5.41, 5.74) is 0.0530. The molecule has 0 unspecified atom stereocenters. The Morgan fingerprint density at radius 3 is 2.48 bits per heavy atom. The van der Waals surface area contributed by atoms with Crippen molar-refractivity contribution in [3.63, 3.8) is 0 Å². The van der Waals surface area contributed by atoms with Gasteiger partial charge in [0.05, 0.1) is 26.8 Å². The molecular formula is C20H16N4O4S. The zero-order chi connectivity index (χ0) is 20.5. The Morgan fingerprint density at radius 1 is 1.17 bits per heavy atom. The van der Waals surface area contributed by atoms with E-state index in [-0.39, 0.29) is 22.9 Å². The van der Waals surface area contributed by atoms with Gasteiger partial charge in [-0.3, -0.25) is 4.57 Å². The fourth-order valence-corrected chi connectivity index (χ4v) is 3.92. The number of fused-ring (bicyclic) bond motifs is 1. The second-order valence-corrected chi connectivity index (χ2v) is 7.16. The fraction of sp³-hybridized carbons (Fsp3) is 0.100. The van der Waals surface area contributed by atoms with Crippen molar-refractivity contribution in [3.05, 3.63) is 74.2 Å². The second-order valence-electron chi connectivity index (χ2n) is 6.15. The Kier molecular flexibility index (Phi) is 4.73. The van der Waals surface area contributed by atoms with E-state index >= 15 is 0 Å². The number of phenolic OH excluding ortho intramolecular Hbond substituents is 1. The molecular weight excluding hydrogens is 392 g/mol. The normalized spacial score (nSPS) is 13.0. The molecule has 1 aliphatic rings. The van der Waals surface area contributed by atoms with E-state index in [1.165, 1.54) is 23.5 Å². The van der Waals surface area contributed by atoms with Crippen LogP contribution in [-0.4, -0.2) is 25.9 Å². The minimum atomic E-state index is -1.20. The van der Waals surface area contributed by atoms with Gasteiger partial charge in [0.2, 0.25) is 5.88 Å². The van der Waals surface area contributed by atoms with Gasteiger partial charge in [-0.05, 0) is 37.3 Å². The summed E-state index contributed by atoms with van der Waals surface area (Å²) >= 11 is 1.19. The van der Waals surface area contributed by atoms with Crippen molar-refractivity contribution in [2.45, 2.75) is 13.5 Å². The number of phenols is 1. The van der Waals surface area contributed by atoms with E-state index in [1.807, 2.05) is 31.2 Å². The third kappa shape index (κ3) is 3.55. The Labute approximate surface area is 168 Å². The third-order valence-corrected chi connectivity index (χ3v) is 5.28. The maximum atomic E-state index is 11.5. The molecule has 0 fully saturated rings. The molecule has 1 aliphatic heterocycles. The van der Waals surface area contributed by atoms with E-state index in [0.29, 0.717) is 22.0 Å². The number of aromatic hydroxyl groups is 2. The Bertz CT molecular complexity index is 1310. The molecule has 0 aliphatic carbocycles. The van der Waals surface area contributed by atoms with Crippen molar-refractivity contribution in [3.8, 4) is 11.6 Å². The van der Waals surface area contributed by atoms with Gasteiger partial charge in [-0.2, -0.15) is 0 Å². The zero-order valence-corrected chi connectivity index (χ0v) is 16.1. The van der Waals surface area contributed by atoms with Gasteiger partial charge in [0.25, 0.3) is 0 Å². The monoisotopic (exact) mass is 408 g/mol. The van der Waals surface area contributed by atoms with E-state index in [9.17, 15) is 20.1 Å². The van der Waals surface area contributed by atoms with Crippen molar-refractivity contribution < 1.29 is 20.1 Å². The van der Waals surface area contributed by atoms with Gasteiger partial charge in [-0.25, -0.2) is 19.8 Å². The van der Waals surface area contributed by atoms with Crippen LogP contribution in [0.3, 0.4) is 0 Å². The van der Waals surface area contributed by atoms with E-state index in [2.05, 4.69) is 15.0 Å². The number of hydrogen-bond acceptors (Lipinski definition) is 7. The summed E-state index contributed by atoms with van der Waals surface area (Å²) in [6.45, 7) is 2.27. The molecule has 2 aromatic carbocycles. The fourth-order valence-electron chi connectivity index (χ4n) is 2.89. The summed E-state index contributed by atoms with van der Waals surface area (Å²) in [6, 6.07) is 11.4. The molecule has 1 aromatic heterocycles. The largest absolute Gasteiger partial charge is 0.508 e. The molecule has 29 heavy (non-hydrogen) atoms. The number of rotatable bonds is 4. The van der Waals surface area contributed by atoms with Crippen LogP contribution in [-0.2, 0) is 6.54 Å². The van der Waals surface area contributed by atoms with Gasteiger partial charge >= 0.3 is 5.97 Å². The molecule has 0 amide bonds. The van der Waals surface area contributed by atoms with Crippen molar-refractivity contribution in [1.82, 2.24) is 4.57 Å². The number of benzene rings is 2. The number of aromatic carboxylic acids is 1. The predicted octanol–water partition coefficient (Wildman–Crippen LogP) is 2.16. The van der Waals surface area contributed by atoms with Crippen LogP contribution in [0.1, 0.15) is 22.2 Å². The van der Waals surface area contributed by atoms with Crippen LogP contribution in [0.2, 0.25) is 0 Å². The number of aromatic nitrogens is 1. The second kappa shape index (κ2) is 7.36. The van der Waals surface area contributed by atoms with Gasteiger partial charge in [0.15, 0.2) is 10.6 Å². The lowest BCUT2D eigenvalue weighted by Crippen LogP contribution is -2.19. The molecule has 2 heterocycles. The summed E-state index contributed by atoms with van der Waals surface area (Å²) in [5.74, 6) is -0.894. The molecule has 0 saturated heterocycles. The average molecular weight is 408 g/mol. The summed E-state index contributed by atoms with van der Waals surface area (Å²) in [7, 11) is 0. The van der Waals surface area contributed by atoms with Crippen LogP contribution in [0.25, 0.3) is 6.08 Å². The van der Waals surface area contributed by atoms with E-state index in [0.717, 1.165) is 16.8 Å². The van der Waals surface area contributed by atoms with Crippen molar-refractivity contribution >= 4 is 29.1 Å². The van der Waals surface area contributed by atoms with Gasteiger partial charge in [-0.1, -0.05) is 23.5 Å². The Balaban J connectivity index is 1.84. The molecule has 0 radical (unpaired) electrons. The predicted molar refractivity (Wildman–Crippen MR) is 107 cm³/mol. The highest BCUT2D eigenvalue weighted by Crippen LogP contribution is 2.27. The Hall–Kier alpha value is -3.72. The zero-order valence-electron chi connectivity index (χ0n) is 15.3. The first-order chi connectivity index (χ1) is 14.0. The third-order valence-electron chi connectivity index (χ3n) is 4.26. The molecule has 146 valence electrons. The number of nitrogens with zero attached hydrogens (tertiary/aromatic N) is 4. The van der Waals surface area contributed by atoms with Crippen LogP contribution >= 0.6 is 11.3 Å². The van der Waals surface area contributed by atoms with E-state index in [4.69, 9.17) is 0 Å². The summed E-state index contributed by atoms with van der Waals surface area (Å²) in [6.07, 6.45) is 1.67. The maximum Gasteiger partial charge on any atom is 0.338 e. The van der Waals surface area contributed by atoms with Crippen molar-refractivity contribution in [2.24, 2.45) is 15.0 Å².